The predicted octanol–water partition coefficient (Wildman–Crippen LogP) is 3.24. The largest absolute Gasteiger partial charge is 0.416 e. The van der Waals surface area contributed by atoms with Crippen molar-refractivity contribution >= 4 is 17.6 Å². The molecule has 2 aromatic rings. The van der Waals surface area contributed by atoms with Gasteiger partial charge in [0.25, 0.3) is 0 Å². The Morgan fingerprint density at radius 2 is 2.10 bits per heavy atom. The van der Waals surface area contributed by atoms with Crippen LogP contribution in [0.15, 0.2) is 35.6 Å². The summed E-state index contributed by atoms with van der Waals surface area (Å²) < 4.78 is 37.8. The fraction of sp³-hybridized carbons (Fsp3) is 0.154. The molecule has 108 valence electrons. The van der Waals surface area contributed by atoms with E-state index in [-0.39, 0.29) is 17.1 Å². The normalized spacial score (nSPS) is 11.1. The summed E-state index contributed by atoms with van der Waals surface area (Å²) in [5.41, 5.74) is 5.52. The third-order valence-corrected chi connectivity index (χ3v) is 3.47. The minimum Gasteiger partial charge on any atom is -0.382 e. The highest BCUT2D eigenvalue weighted by Crippen LogP contribution is 2.30. The van der Waals surface area contributed by atoms with Gasteiger partial charge in [0.15, 0.2) is 5.16 Å². The van der Waals surface area contributed by atoms with Crippen molar-refractivity contribution in [2.24, 2.45) is 0 Å². The maximum atomic E-state index is 12.6. The van der Waals surface area contributed by atoms with Gasteiger partial charge in [0.1, 0.15) is 17.5 Å². The maximum Gasteiger partial charge on any atom is 0.416 e. The van der Waals surface area contributed by atoms with Crippen LogP contribution in [0.25, 0.3) is 0 Å². The SMILES string of the molecule is N#Cc1cnc(SCc2cccc(C(F)(F)F)c2)nc1N. The average molecular weight is 310 g/mol. The van der Waals surface area contributed by atoms with Crippen LogP contribution in [-0.4, -0.2) is 9.97 Å². The molecule has 2 N–H and O–H groups in total. The summed E-state index contributed by atoms with van der Waals surface area (Å²) in [5, 5.41) is 9.01. The molecule has 0 atom stereocenters. The van der Waals surface area contributed by atoms with Crippen molar-refractivity contribution in [3.63, 3.8) is 0 Å². The van der Waals surface area contributed by atoms with E-state index in [4.69, 9.17) is 11.0 Å². The van der Waals surface area contributed by atoms with Crippen LogP contribution in [0.2, 0.25) is 0 Å². The van der Waals surface area contributed by atoms with Crippen LogP contribution >= 0.6 is 11.8 Å². The van der Waals surface area contributed by atoms with Gasteiger partial charge in [-0.2, -0.15) is 18.4 Å². The topological polar surface area (TPSA) is 75.6 Å². The minimum absolute atomic E-state index is 0.0547. The molecule has 21 heavy (non-hydrogen) atoms. The van der Waals surface area contributed by atoms with Gasteiger partial charge in [0.2, 0.25) is 0 Å². The third-order valence-electron chi connectivity index (χ3n) is 2.54. The number of nitrogen functional groups attached to an aromatic ring is 1. The molecular formula is C13H9F3N4S. The standard InChI is InChI=1S/C13H9F3N4S/c14-13(15,16)10-3-1-2-8(4-10)7-21-12-19-6-9(5-17)11(18)20-12/h1-4,6H,7H2,(H2,18,19,20). The molecule has 1 heterocycles. The van der Waals surface area contributed by atoms with E-state index in [9.17, 15) is 13.2 Å². The van der Waals surface area contributed by atoms with Gasteiger partial charge in [-0.15, -0.1) is 0 Å². The van der Waals surface area contributed by atoms with Crippen molar-refractivity contribution in [2.45, 2.75) is 17.1 Å². The molecule has 1 aromatic heterocycles. The quantitative estimate of drug-likeness (QED) is 0.695. The molecule has 0 bridgehead atoms. The molecule has 8 heteroatoms. The van der Waals surface area contributed by atoms with E-state index in [0.717, 1.165) is 23.9 Å². The lowest BCUT2D eigenvalue weighted by molar-refractivity contribution is -0.137. The Morgan fingerprint density at radius 3 is 2.71 bits per heavy atom. The monoisotopic (exact) mass is 310 g/mol. The number of nitrogens with two attached hydrogens (primary N) is 1. The zero-order chi connectivity index (χ0) is 15.5. The molecule has 0 radical (unpaired) electrons. The van der Waals surface area contributed by atoms with Crippen molar-refractivity contribution in [3.05, 3.63) is 47.2 Å². The van der Waals surface area contributed by atoms with E-state index >= 15 is 0 Å². The van der Waals surface area contributed by atoms with Gasteiger partial charge < -0.3 is 5.73 Å². The molecule has 0 saturated heterocycles. The summed E-state index contributed by atoms with van der Waals surface area (Å²) in [4.78, 5) is 7.84. The van der Waals surface area contributed by atoms with Crippen LogP contribution in [0.3, 0.4) is 0 Å². The molecule has 0 fully saturated rings. The Hall–Kier alpha value is -2.27. The number of benzene rings is 1. The Labute approximate surface area is 122 Å². The highest BCUT2D eigenvalue weighted by Gasteiger charge is 2.30. The molecule has 2 rings (SSSR count). The Kier molecular flexibility index (Phi) is 4.33. The fourth-order valence-electron chi connectivity index (χ4n) is 1.52. The van der Waals surface area contributed by atoms with Gasteiger partial charge >= 0.3 is 6.18 Å². The highest BCUT2D eigenvalue weighted by atomic mass is 32.2. The first-order chi connectivity index (χ1) is 9.90. The van der Waals surface area contributed by atoms with Crippen LogP contribution in [0.1, 0.15) is 16.7 Å². The Morgan fingerprint density at radius 1 is 1.33 bits per heavy atom. The summed E-state index contributed by atoms with van der Waals surface area (Å²) in [6.07, 6.45) is -3.08. The van der Waals surface area contributed by atoms with E-state index in [2.05, 4.69) is 9.97 Å². The van der Waals surface area contributed by atoms with Crippen molar-refractivity contribution in [1.82, 2.24) is 9.97 Å². The first kappa shape index (κ1) is 15.1. The lowest BCUT2D eigenvalue weighted by atomic mass is 10.1. The van der Waals surface area contributed by atoms with Gasteiger partial charge in [-0.1, -0.05) is 30.0 Å². The van der Waals surface area contributed by atoms with Crippen molar-refractivity contribution in [1.29, 1.82) is 5.26 Å². The smallest absolute Gasteiger partial charge is 0.382 e. The van der Waals surface area contributed by atoms with Gasteiger partial charge in [-0.05, 0) is 11.6 Å². The lowest BCUT2D eigenvalue weighted by Crippen LogP contribution is -2.05. The van der Waals surface area contributed by atoms with Gasteiger partial charge in [0, 0.05) is 5.75 Å². The zero-order valence-electron chi connectivity index (χ0n) is 10.6. The maximum absolute atomic E-state index is 12.6. The van der Waals surface area contributed by atoms with E-state index < -0.39 is 11.7 Å². The lowest BCUT2D eigenvalue weighted by Gasteiger charge is -2.08. The van der Waals surface area contributed by atoms with Crippen molar-refractivity contribution in [3.8, 4) is 6.07 Å². The van der Waals surface area contributed by atoms with E-state index in [0.29, 0.717) is 10.7 Å². The number of halogens is 3. The molecule has 0 aliphatic carbocycles. The average Bonchev–Trinajstić information content (AvgIpc) is 2.45. The summed E-state index contributed by atoms with van der Waals surface area (Å²) in [7, 11) is 0. The van der Waals surface area contributed by atoms with E-state index in [1.165, 1.54) is 12.3 Å². The van der Waals surface area contributed by atoms with Crippen LogP contribution < -0.4 is 5.73 Å². The number of nitrogens with zero attached hydrogens (tertiary/aromatic N) is 3. The Bertz CT molecular complexity index is 695. The summed E-state index contributed by atoms with van der Waals surface area (Å²) in [6, 6.07) is 6.88. The van der Waals surface area contributed by atoms with Crippen molar-refractivity contribution in [2.75, 3.05) is 5.73 Å². The molecule has 1 aromatic carbocycles. The van der Waals surface area contributed by atoms with Gasteiger partial charge in [-0.3, -0.25) is 0 Å². The number of hydrogen-bond acceptors (Lipinski definition) is 5. The minimum atomic E-state index is -4.37. The molecule has 0 spiro atoms. The molecular weight excluding hydrogens is 301 g/mol. The zero-order valence-corrected chi connectivity index (χ0v) is 11.4. The Balaban J connectivity index is 2.10. The second-order valence-electron chi connectivity index (χ2n) is 4.05. The first-order valence-electron chi connectivity index (χ1n) is 5.71. The summed E-state index contributed by atoms with van der Waals surface area (Å²) in [6.45, 7) is 0. The molecule has 0 unspecified atom stereocenters. The fourth-order valence-corrected chi connectivity index (χ4v) is 2.28. The van der Waals surface area contributed by atoms with Crippen LogP contribution in [0, 0.1) is 11.3 Å². The highest BCUT2D eigenvalue weighted by molar-refractivity contribution is 7.98. The molecule has 0 aliphatic heterocycles. The molecule has 0 aliphatic rings. The number of anilines is 1. The van der Waals surface area contributed by atoms with Crippen LogP contribution in [-0.2, 0) is 11.9 Å². The number of alkyl halides is 3. The number of rotatable bonds is 3. The second kappa shape index (κ2) is 6.01. The summed E-state index contributed by atoms with van der Waals surface area (Å²) in [5.74, 6) is 0.328. The van der Waals surface area contributed by atoms with E-state index in [1.54, 1.807) is 6.07 Å². The predicted molar refractivity (Wildman–Crippen MR) is 72.2 cm³/mol. The van der Waals surface area contributed by atoms with Gasteiger partial charge in [-0.25, -0.2) is 9.97 Å². The molecule has 0 saturated carbocycles. The number of thioether (sulfide) groups is 1. The first-order valence-corrected chi connectivity index (χ1v) is 6.70. The van der Waals surface area contributed by atoms with Gasteiger partial charge in [0.05, 0.1) is 11.8 Å². The van der Waals surface area contributed by atoms with Crippen LogP contribution in [0.5, 0.6) is 0 Å². The van der Waals surface area contributed by atoms with Crippen LogP contribution in [0.4, 0.5) is 19.0 Å². The number of aromatic nitrogens is 2. The number of hydrogen-bond donors (Lipinski definition) is 1. The third kappa shape index (κ3) is 3.86. The molecule has 4 nitrogen and oxygen atoms in total. The summed E-state index contributed by atoms with van der Waals surface area (Å²) >= 11 is 1.15. The second-order valence-corrected chi connectivity index (χ2v) is 4.99. The molecule has 0 amide bonds. The van der Waals surface area contributed by atoms with E-state index in [1.807, 2.05) is 6.07 Å². The number of nitriles is 1. The van der Waals surface area contributed by atoms with Crippen molar-refractivity contribution < 1.29 is 13.2 Å².